The van der Waals surface area contributed by atoms with Crippen LogP contribution in [-0.4, -0.2) is 30.2 Å². The van der Waals surface area contributed by atoms with E-state index in [9.17, 15) is 9.59 Å². The smallest absolute Gasteiger partial charge is 0.343 e. The molecule has 0 aliphatic rings. The number of carbonyl (C=O) groups excluding carboxylic acids is 2. The van der Waals surface area contributed by atoms with Gasteiger partial charge >= 0.3 is 5.97 Å². The molecule has 4 aromatic carbocycles. The lowest BCUT2D eigenvalue weighted by Gasteiger charge is -2.09. The number of ether oxygens (including phenoxy) is 2. The van der Waals surface area contributed by atoms with Gasteiger partial charge in [0.05, 0.1) is 18.9 Å². The summed E-state index contributed by atoms with van der Waals surface area (Å²) in [6, 6.07) is 27.6. The van der Waals surface area contributed by atoms with Crippen molar-refractivity contribution in [1.29, 1.82) is 0 Å². The van der Waals surface area contributed by atoms with Crippen LogP contribution in [0.4, 0.5) is 0 Å². The lowest BCUT2D eigenvalue weighted by Crippen LogP contribution is -2.19. The molecule has 0 unspecified atom stereocenters. The molecule has 0 atom stereocenters. The van der Waals surface area contributed by atoms with Crippen molar-refractivity contribution in [3.63, 3.8) is 0 Å². The molecular formula is C32H26BrN3O4. The number of halogens is 1. The molecule has 200 valence electrons. The van der Waals surface area contributed by atoms with Crippen LogP contribution in [0, 0.1) is 0 Å². The first-order chi connectivity index (χ1) is 19.5. The Morgan fingerprint density at radius 3 is 2.48 bits per heavy atom. The molecule has 0 spiro atoms. The van der Waals surface area contributed by atoms with Gasteiger partial charge in [-0.3, -0.25) is 4.79 Å². The van der Waals surface area contributed by atoms with Crippen molar-refractivity contribution < 1.29 is 19.1 Å². The number of H-pyrrole nitrogens is 1. The van der Waals surface area contributed by atoms with Gasteiger partial charge in [-0.1, -0.05) is 71.4 Å². The quantitative estimate of drug-likeness (QED) is 0.0861. The molecule has 0 saturated carbocycles. The van der Waals surface area contributed by atoms with E-state index in [-0.39, 0.29) is 5.91 Å². The van der Waals surface area contributed by atoms with Crippen molar-refractivity contribution in [2.45, 2.75) is 13.3 Å². The van der Waals surface area contributed by atoms with E-state index < -0.39 is 5.97 Å². The van der Waals surface area contributed by atoms with Gasteiger partial charge in [0.1, 0.15) is 17.2 Å². The molecule has 5 aromatic rings. The summed E-state index contributed by atoms with van der Waals surface area (Å²) in [7, 11) is 1.56. The molecule has 0 saturated heterocycles. The van der Waals surface area contributed by atoms with Crippen LogP contribution in [0.2, 0.25) is 0 Å². The Kier molecular flexibility index (Phi) is 8.07. The van der Waals surface area contributed by atoms with E-state index in [4.69, 9.17) is 9.47 Å². The summed E-state index contributed by atoms with van der Waals surface area (Å²) in [6.07, 6.45) is 2.27. The van der Waals surface area contributed by atoms with Crippen LogP contribution in [0.15, 0.2) is 101 Å². The monoisotopic (exact) mass is 595 g/mol. The Balaban J connectivity index is 1.41. The van der Waals surface area contributed by atoms with Crippen LogP contribution in [0.25, 0.3) is 22.0 Å². The number of amides is 1. The van der Waals surface area contributed by atoms with Gasteiger partial charge in [0.2, 0.25) is 0 Å². The molecule has 0 radical (unpaired) electrons. The predicted octanol–water partition coefficient (Wildman–Crippen LogP) is 7.15. The predicted molar refractivity (Wildman–Crippen MR) is 160 cm³/mol. The number of rotatable bonds is 8. The molecule has 7 nitrogen and oxygen atoms in total. The molecule has 0 fully saturated rings. The summed E-state index contributed by atoms with van der Waals surface area (Å²) in [6.45, 7) is 2.08. The number of carbonyl (C=O) groups is 2. The Morgan fingerprint density at radius 2 is 1.75 bits per heavy atom. The molecule has 5 rings (SSSR count). The summed E-state index contributed by atoms with van der Waals surface area (Å²) < 4.78 is 11.5. The lowest BCUT2D eigenvalue weighted by molar-refractivity contribution is 0.0734. The van der Waals surface area contributed by atoms with Crippen LogP contribution < -0.4 is 14.9 Å². The number of hydrogen-bond donors (Lipinski definition) is 2. The minimum Gasteiger partial charge on any atom is -0.497 e. The Bertz CT molecular complexity index is 1710. The van der Waals surface area contributed by atoms with E-state index >= 15 is 0 Å². The molecule has 40 heavy (non-hydrogen) atoms. The minimum atomic E-state index is -0.527. The highest BCUT2D eigenvalue weighted by molar-refractivity contribution is 9.10. The largest absolute Gasteiger partial charge is 0.497 e. The summed E-state index contributed by atoms with van der Waals surface area (Å²) in [5, 5.41) is 5.17. The standard InChI is InChI=1S/C32H26BrN3O4/c1-3-20-10-7-11-26-28(21-8-5-4-6-9-21)30(35-29(20)26)31(37)36-34-19-23-18-24(33)14-17-27(23)40-32(38)22-12-15-25(39-2)16-13-22/h4-19,35H,3H2,1-2H3,(H,36,37). The van der Waals surface area contributed by atoms with E-state index in [1.165, 1.54) is 6.21 Å². The molecule has 2 N–H and O–H groups in total. The van der Waals surface area contributed by atoms with Gasteiger partial charge in [0, 0.05) is 26.5 Å². The average Bonchev–Trinajstić information content (AvgIpc) is 3.39. The zero-order valence-corrected chi connectivity index (χ0v) is 23.5. The second kappa shape index (κ2) is 12.0. The van der Waals surface area contributed by atoms with Gasteiger partial charge in [-0.05, 0) is 60.0 Å². The highest BCUT2D eigenvalue weighted by atomic mass is 79.9. The number of benzene rings is 4. The number of hydrogen-bond acceptors (Lipinski definition) is 5. The summed E-state index contributed by atoms with van der Waals surface area (Å²) in [5.74, 6) is 0.0198. The molecule has 0 aliphatic heterocycles. The van der Waals surface area contributed by atoms with E-state index in [1.807, 2.05) is 42.5 Å². The number of nitrogens with one attached hydrogen (secondary N) is 2. The van der Waals surface area contributed by atoms with E-state index in [2.05, 4.69) is 44.4 Å². The first-order valence-corrected chi connectivity index (χ1v) is 13.5. The van der Waals surface area contributed by atoms with Gasteiger partial charge in [-0.2, -0.15) is 5.10 Å². The highest BCUT2D eigenvalue weighted by Crippen LogP contribution is 2.34. The Labute approximate surface area is 240 Å². The number of aryl methyl sites for hydroxylation is 1. The van der Waals surface area contributed by atoms with Crippen LogP contribution in [0.1, 0.15) is 38.9 Å². The number of hydrazone groups is 1. The summed E-state index contributed by atoms with van der Waals surface area (Å²) >= 11 is 3.44. The lowest BCUT2D eigenvalue weighted by atomic mass is 10.00. The normalized spacial score (nSPS) is 11.1. The fourth-order valence-electron chi connectivity index (χ4n) is 4.46. The van der Waals surface area contributed by atoms with Crippen molar-refractivity contribution in [3.05, 3.63) is 118 Å². The van der Waals surface area contributed by atoms with Gasteiger partial charge < -0.3 is 14.5 Å². The first kappa shape index (κ1) is 26.9. The third-order valence-electron chi connectivity index (χ3n) is 6.46. The number of methoxy groups -OCH3 is 1. The maximum Gasteiger partial charge on any atom is 0.343 e. The van der Waals surface area contributed by atoms with Gasteiger partial charge in [-0.25, -0.2) is 10.2 Å². The molecule has 1 aromatic heterocycles. The highest BCUT2D eigenvalue weighted by Gasteiger charge is 2.20. The molecule has 8 heteroatoms. The zero-order chi connectivity index (χ0) is 28.1. The second-order valence-corrected chi connectivity index (χ2v) is 9.85. The van der Waals surface area contributed by atoms with Crippen LogP contribution in [0.5, 0.6) is 11.5 Å². The van der Waals surface area contributed by atoms with Crippen molar-refractivity contribution in [1.82, 2.24) is 10.4 Å². The maximum absolute atomic E-state index is 13.4. The summed E-state index contributed by atoms with van der Waals surface area (Å²) in [4.78, 5) is 29.5. The third kappa shape index (κ3) is 5.67. The summed E-state index contributed by atoms with van der Waals surface area (Å²) in [5.41, 5.74) is 7.71. The fourth-order valence-corrected chi connectivity index (χ4v) is 4.84. The van der Waals surface area contributed by atoms with Gasteiger partial charge in [-0.15, -0.1) is 0 Å². The third-order valence-corrected chi connectivity index (χ3v) is 6.95. The van der Waals surface area contributed by atoms with Crippen molar-refractivity contribution >= 4 is 44.9 Å². The van der Waals surface area contributed by atoms with Gasteiger partial charge in [0.15, 0.2) is 0 Å². The van der Waals surface area contributed by atoms with Crippen molar-refractivity contribution in [2.24, 2.45) is 5.10 Å². The number of aromatic nitrogens is 1. The number of esters is 1. The number of fused-ring (bicyclic) bond motifs is 1. The van der Waals surface area contributed by atoms with Crippen LogP contribution in [-0.2, 0) is 6.42 Å². The van der Waals surface area contributed by atoms with Crippen LogP contribution in [0.3, 0.4) is 0 Å². The first-order valence-electron chi connectivity index (χ1n) is 12.7. The SMILES string of the molecule is CCc1cccc2c(-c3ccccc3)c(C(=O)NN=Cc3cc(Br)ccc3OC(=O)c3ccc(OC)cc3)[nH]c12. The maximum atomic E-state index is 13.4. The number of aromatic amines is 1. The number of nitrogens with zero attached hydrogens (tertiary/aromatic N) is 1. The van der Waals surface area contributed by atoms with Crippen LogP contribution >= 0.6 is 15.9 Å². The van der Waals surface area contributed by atoms with Crippen molar-refractivity contribution in [3.8, 4) is 22.6 Å². The van der Waals surface area contributed by atoms with E-state index in [0.29, 0.717) is 28.3 Å². The Hall–Kier alpha value is -4.69. The van der Waals surface area contributed by atoms with Gasteiger partial charge in [0.25, 0.3) is 5.91 Å². The molecular weight excluding hydrogens is 570 g/mol. The minimum absolute atomic E-state index is 0.296. The molecule has 1 amide bonds. The number of para-hydroxylation sites is 1. The second-order valence-electron chi connectivity index (χ2n) is 8.93. The average molecular weight is 596 g/mol. The topological polar surface area (TPSA) is 92.8 Å². The van der Waals surface area contributed by atoms with E-state index in [1.54, 1.807) is 49.6 Å². The molecule has 0 aliphatic carbocycles. The van der Waals surface area contributed by atoms with E-state index in [0.717, 1.165) is 38.5 Å². The van der Waals surface area contributed by atoms with Crippen molar-refractivity contribution in [2.75, 3.05) is 7.11 Å². The molecule has 1 heterocycles. The zero-order valence-electron chi connectivity index (χ0n) is 21.9. The molecule has 0 bridgehead atoms. The Morgan fingerprint density at radius 1 is 0.975 bits per heavy atom. The fraction of sp³-hybridized carbons (Fsp3) is 0.0938.